The van der Waals surface area contributed by atoms with Gasteiger partial charge in [0.2, 0.25) is 0 Å². The molecule has 0 radical (unpaired) electrons. The Labute approximate surface area is 210 Å². The third-order valence-corrected chi connectivity index (χ3v) is 7.19. The second kappa shape index (κ2) is 18.7. The maximum absolute atomic E-state index is 11.0. The molecule has 0 saturated heterocycles. The van der Waals surface area contributed by atoms with E-state index >= 15 is 0 Å². The van der Waals surface area contributed by atoms with Crippen LogP contribution in [0.2, 0.25) is 0 Å². The van der Waals surface area contributed by atoms with Gasteiger partial charge in [-0.15, -0.1) is 0 Å². The summed E-state index contributed by atoms with van der Waals surface area (Å²) in [6.07, 6.45) is 18.4. The molecule has 0 fully saturated rings. The minimum atomic E-state index is -0.278. The van der Waals surface area contributed by atoms with Crippen molar-refractivity contribution in [3.8, 4) is 0 Å². The Bertz CT molecular complexity index is 660. The quantitative estimate of drug-likeness (QED) is 0.197. The molecule has 0 unspecified atom stereocenters. The summed E-state index contributed by atoms with van der Waals surface area (Å²) >= 11 is 0. The van der Waals surface area contributed by atoms with Crippen LogP contribution in [-0.2, 0) is 13.1 Å². The minimum Gasteiger partial charge on any atom is -0.392 e. The summed E-state index contributed by atoms with van der Waals surface area (Å²) < 4.78 is 0. The highest BCUT2D eigenvalue weighted by atomic mass is 16.3. The summed E-state index contributed by atoms with van der Waals surface area (Å²) in [6, 6.07) is 21.4. The molecule has 0 aliphatic rings. The van der Waals surface area contributed by atoms with Crippen molar-refractivity contribution in [2.24, 2.45) is 0 Å². The lowest BCUT2D eigenvalue weighted by atomic mass is 10.0. The van der Waals surface area contributed by atoms with E-state index in [1.54, 1.807) is 0 Å². The van der Waals surface area contributed by atoms with Crippen molar-refractivity contribution in [2.75, 3.05) is 0 Å². The summed E-state index contributed by atoms with van der Waals surface area (Å²) in [4.78, 5) is 2.43. The topological polar surface area (TPSA) is 23.5 Å². The van der Waals surface area contributed by atoms with Gasteiger partial charge < -0.3 is 5.11 Å². The fraction of sp³-hybridized carbons (Fsp3) is 0.625. The molecule has 0 aliphatic carbocycles. The zero-order valence-electron chi connectivity index (χ0n) is 22.1. The first-order chi connectivity index (χ1) is 16.7. The molecule has 2 rings (SSSR count). The first-order valence-electron chi connectivity index (χ1n) is 14.2. The highest BCUT2D eigenvalue weighted by molar-refractivity contribution is 5.17. The van der Waals surface area contributed by atoms with Crippen molar-refractivity contribution in [1.82, 2.24) is 4.90 Å². The smallest absolute Gasteiger partial charge is 0.0693 e. The Balaban J connectivity index is 1.63. The number of rotatable bonds is 20. The van der Waals surface area contributed by atoms with Crippen LogP contribution >= 0.6 is 0 Å². The Hall–Kier alpha value is -1.64. The Morgan fingerprint density at radius 2 is 0.971 bits per heavy atom. The van der Waals surface area contributed by atoms with Crippen LogP contribution in [0, 0.1) is 0 Å². The van der Waals surface area contributed by atoms with Crippen LogP contribution in [-0.4, -0.2) is 22.2 Å². The van der Waals surface area contributed by atoms with E-state index in [4.69, 9.17) is 0 Å². The molecule has 2 nitrogen and oxygen atoms in total. The molecule has 0 heterocycles. The molecule has 34 heavy (non-hydrogen) atoms. The van der Waals surface area contributed by atoms with Gasteiger partial charge in [-0.25, -0.2) is 0 Å². The van der Waals surface area contributed by atoms with Gasteiger partial charge >= 0.3 is 0 Å². The standard InChI is InChI=1S/C32H51NO/c1-3-4-5-6-7-8-9-10-11-12-13-14-21-26-32(34)29(2)33(27-30-22-17-15-18-23-30)28-31-24-19-16-20-25-31/h15-20,22-25,29,32,34H,3-14,21,26-28H2,1-2H3/t29-,32+/m1/s1. The van der Waals surface area contributed by atoms with Crippen LogP contribution in [0.4, 0.5) is 0 Å². The number of hydrogen-bond acceptors (Lipinski definition) is 2. The predicted octanol–water partition coefficient (Wildman–Crippen LogP) is 8.92. The van der Waals surface area contributed by atoms with Gasteiger partial charge in [0.15, 0.2) is 0 Å². The molecular weight excluding hydrogens is 414 g/mol. The maximum atomic E-state index is 11.0. The van der Waals surface area contributed by atoms with Gasteiger partial charge in [0, 0.05) is 19.1 Å². The fourth-order valence-electron chi connectivity index (χ4n) is 4.84. The molecule has 2 aromatic rings. The lowest BCUT2D eigenvalue weighted by Crippen LogP contribution is -2.40. The van der Waals surface area contributed by atoms with E-state index in [0.717, 1.165) is 25.9 Å². The zero-order valence-corrected chi connectivity index (χ0v) is 22.1. The molecule has 2 aromatic carbocycles. The summed E-state index contributed by atoms with van der Waals surface area (Å²) in [5.74, 6) is 0. The molecule has 0 aliphatic heterocycles. The van der Waals surface area contributed by atoms with E-state index in [0.29, 0.717) is 0 Å². The van der Waals surface area contributed by atoms with Gasteiger partial charge in [-0.3, -0.25) is 4.90 Å². The van der Waals surface area contributed by atoms with Crippen molar-refractivity contribution in [1.29, 1.82) is 0 Å². The van der Waals surface area contributed by atoms with Gasteiger partial charge in [0.05, 0.1) is 6.10 Å². The molecule has 0 aromatic heterocycles. The van der Waals surface area contributed by atoms with Crippen LogP contribution in [0.25, 0.3) is 0 Å². The highest BCUT2D eigenvalue weighted by Gasteiger charge is 2.22. The summed E-state index contributed by atoms with van der Waals surface area (Å²) in [6.45, 7) is 6.21. The highest BCUT2D eigenvalue weighted by Crippen LogP contribution is 2.19. The first kappa shape index (κ1) is 28.6. The van der Waals surface area contributed by atoms with Gasteiger partial charge in [0.25, 0.3) is 0 Å². The molecule has 0 saturated carbocycles. The van der Waals surface area contributed by atoms with Gasteiger partial charge in [-0.1, -0.05) is 151 Å². The third-order valence-electron chi connectivity index (χ3n) is 7.19. The Morgan fingerprint density at radius 3 is 1.38 bits per heavy atom. The number of aliphatic hydroxyl groups excluding tert-OH is 1. The maximum Gasteiger partial charge on any atom is 0.0693 e. The molecule has 1 N–H and O–H groups in total. The van der Waals surface area contributed by atoms with E-state index in [9.17, 15) is 5.11 Å². The van der Waals surface area contributed by atoms with Crippen LogP contribution in [0.15, 0.2) is 60.7 Å². The number of hydrogen-bond donors (Lipinski definition) is 1. The molecular formula is C32H51NO. The normalized spacial score (nSPS) is 13.3. The zero-order chi connectivity index (χ0) is 24.3. The number of unbranched alkanes of at least 4 members (excludes halogenated alkanes) is 12. The van der Waals surface area contributed by atoms with Crippen LogP contribution in [0.3, 0.4) is 0 Å². The average Bonchev–Trinajstić information content (AvgIpc) is 2.87. The van der Waals surface area contributed by atoms with E-state index in [1.807, 2.05) is 0 Å². The SMILES string of the molecule is CCCCCCCCCCCCCCC[C@H](O)[C@@H](C)N(Cc1ccccc1)Cc1ccccc1. The molecule has 2 atom stereocenters. The molecule has 0 bridgehead atoms. The largest absolute Gasteiger partial charge is 0.392 e. The third kappa shape index (κ3) is 12.7. The Morgan fingerprint density at radius 1 is 0.588 bits per heavy atom. The second-order valence-electron chi connectivity index (χ2n) is 10.2. The lowest BCUT2D eigenvalue weighted by Gasteiger charge is -2.32. The summed E-state index contributed by atoms with van der Waals surface area (Å²) in [7, 11) is 0. The second-order valence-corrected chi connectivity index (χ2v) is 10.2. The van der Waals surface area contributed by atoms with Crippen LogP contribution in [0.1, 0.15) is 115 Å². The minimum absolute atomic E-state index is 0.137. The average molecular weight is 466 g/mol. The van der Waals surface area contributed by atoms with E-state index in [2.05, 4.69) is 79.4 Å². The van der Waals surface area contributed by atoms with Crippen LogP contribution in [0.5, 0.6) is 0 Å². The van der Waals surface area contributed by atoms with E-state index in [-0.39, 0.29) is 12.1 Å². The molecule has 0 spiro atoms. The first-order valence-corrected chi connectivity index (χ1v) is 14.2. The van der Waals surface area contributed by atoms with Crippen molar-refractivity contribution in [3.63, 3.8) is 0 Å². The van der Waals surface area contributed by atoms with Gasteiger partial charge in [-0.2, -0.15) is 0 Å². The van der Waals surface area contributed by atoms with Crippen LogP contribution < -0.4 is 0 Å². The Kier molecular flexibility index (Phi) is 15.7. The van der Waals surface area contributed by atoms with E-state index in [1.165, 1.54) is 88.2 Å². The van der Waals surface area contributed by atoms with Gasteiger partial charge in [-0.05, 0) is 24.5 Å². The monoisotopic (exact) mass is 465 g/mol. The lowest BCUT2D eigenvalue weighted by molar-refractivity contribution is 0.0421. The number of benzene rings is 2. The molecule has 190 valence electrons. The number of aliphatic hydroxyl groups is 1. The number of nitrogens with zero attached hydrogens (tertiary/aromatic N) is 1. The van der Waals surface area contributed by atoms with Crippen molar-refractivity contribution in [3.05, 3.63) is 71.8 Å². The predicted molar refractivity (Wildman–Crippen MR) is 148 cm³/mol. The van der Waals surface area contributed by atoms with Crippen molar-refractivity contribution < 1.29 is 5.11 Å². The van der Waals surface area contributed by atoms with Crippen molar-refractivity contribution in [2.45, 2.75) is 129 Å². The van der Waals surface area contributed by atoms with Gasteiger partial charge in [0.1, 0.15) is 0 Å². The fourth-order valence-corrected chi connectivity index (χ4v) is 4.84. The molecule has 2 heteroatoms. The summed E-state index contributed by atoms with van der Waals surface area (Å²) in [5, 5.41) is 11.0. The summed E-state index contributed by atoms with van der Waals surface area (Å²) in [5.41, 5.74) is 2.61. The van der Waals surface area contributed by atoms with E-state index < -0.39 is 0 Å². The molecule has 0 amide bonds. The van der Waals surface area contributed by atoms with Crippen molar-refractivity contribution >= 4 is 0 Å².